The lowest BCUT2D eigenvalue weighted by molar-refractivity contribution is 0.0785. The molecule has 1 atom stereocenters. The summed E-state index contributed by atoms with van der Waals surface area (Å²) in [6.07, 6.45) is 0.297. The third-order valence-corrected chi connectivity index (χ3v) is 2.57. The molecule has 1 aromatic carbocycles. The molecule has 0 saturated heterocycles. The van der Waals surface area contributed by atoms with E-state index in [0.717, 1.165) is 18.9 Å². The standard InChI is InChI=1S/C15H25NO2/c1-12(2)17-10-9-16-14(4)11-18-15-7-5-13(3)6-8-15/h5-8,12,14,16H,9-11H2,1-4H3. The summed E-state index contributed by atoms with van der Waals surface area (Å²) in [6, 6.07) is 8.45. The van der Waals surface area contributed by atoms with Crippen molar-refractivity contribution in [3.8, 4) is 5.75 Å². The molecule has 1 aromatic rings. The predicted octanol–water partition coefficient (Wildman–Crippen LogP) is 2.78. The Labute approximate surface area is 110 Å². The van der Waals surface area contributed by atoms with Crippen LogP contribution >= 0.6 is 0 Å². The molecule has 0 heterocycles. The Kier molecular flexibility index (Phi) is 6.76. The van der Waals surface area contributed by atoms with Crippen molar-refractivity contribution in [2.24, 2.45) is 0 Å². The van der Waals surface area contributed by atoms with Crippen molar-refractivity contribution in [2.75, 3.05) is 19.8 Å². The Balaban J connectivity index is 2.13. The van der Waals surface area contributed by atoms with Crippen LogP contribution in [0, 0.1) is 6.92 Å². The van der Waals surface area contributed by atoms with Crippen LogP contribution in [0.1, 0.15) is 26.3 Å². The second kappa shape index (κ2) is 8.11. The number of rotatable bonds is 8. The largest absolute Gasteiger partial charge is 0.492 e. The maximum atomic E-state index is 5.70. The van der Waals surface area contributed by atoms with Gasteiger partial charge in [0.05, 0.1) is 12.7 Å². The van der Waals surface area contributed by atoms with Gasteiger partial charge in [-0.3, -0.25) is 0 Å². The highest BCUT2D eigenvalue weighted by Gasteiger charge is 2.02. The first-order valence-electron chi connectivity index (χ1n) is 6.62. The van der Waals surface area contributed by atoms with Gasteiger partial charge in [-0.15, -0.1) is 0 Å². The van der Waals surface area contributed by atoms with Gasteiger partial charge in [0.25, 0.3) is 0 Å². The lowest BCUT2D eigenvalue weighted by atomic mass is 10.2. The van der Waals surface area contributed by atoms with Crippen molar-refractivity contribution in [3.63, 3.8) is 0 Å². The second-order valence-corrected chi connectivity index (χ2v) is 4.90. The van der Waals surface area contributed by atoms with Crippen LogP contribution in [0.15, 0.2) is 24.3 Å². The molecule has 0 saturated carbocycles. The van der Waals surface area contributed by atoms with Gasteiger partial charge < -0.3 is 14.8 Å². The number of hydrogen-bond acceptors (Lipinski definition) is 3. The highest BCUT2D eigenvalue weighted by molar-refractivity contribution is 5.26. The molecule has 0 fully saturated rings. The average Bonchev–Trinajstić information content (AvgIpc) is 2.34. The molecule has 3 nitrogen and oxygen atoms in total. The van der Waals surface area contributed by atoms with E-state index in [1.165, 1.54) is 5.56 Å². The summed E-state index contributed by atoms with van der Waals surface area (Å²) in [4.78, 5) is 0. The van der Waals surface area contributed by atoms with Crippen LogP contribution in [0.25, 0.3) is 0 Å². The minimum Gasteiger partial charge on any atom is -0.492 e. The zero-order chi connectivity index (χ0) is 13.4. The third kappa shape index (κ3) is 6.62. The molecule has 1 N–H and O–H groups in total. The number of aryl methyl sites for hydroxylation is 1. The van der Waals surface area contributed by atoms with Crippen LogP contribution in [-0.4, -0.2) is 31.9 Å². The van der Waals surface area contributed by atoms with Gasteiger partial charge in [-0.05, 0) is 39.8 Å². The summed E-state index contributed by atoms with van der Waals surface area (Å²) in [6.45, 7) is 10.5. The number of benzene rings is 1. The van der Waals surface area contributed by atoms with E-state index in [0.29, 0.717) is 18.8 Å². The summed E-state index contributed by atoms with van der Waals surface area (Å²) in [5.74, 6) is 0.924. The molecule has 1 rings (SSSR count). The van der Waals surface area contributed by atoms with E-state index in [9.17, 15) is 0 Å². The Morgan fingerprint density at radius 3 is 2.39 bits per heavy atom. The van der Waals surface area contributed by atoms with Gasteiger partial charge in [0.2, 0.25) is 0 Å². The van der Waals surface area contributed by atoms with Crippen LogP contribution in [0.2, 0.25) is 0 Å². The second-order valence-electron chi connectivity index (χ2n) is 4.90. The molecule has 3 heteroatoms. The quantitative estimate of drug-likeness (QED) is 0.721. The topological polar surface area (TPSA) is 30.5 Å². The third-order valence-electron chi connectivity index (χ3n) is 2.57. The summed E-state index contributed by atoms with van der Waals surface area (Å²) in [5, 5.41) is 3.37. The minimum atomic E-state index is 0.297. The number of hydrogen-bond donors (Lipinski definition) is 1. The van der Waals surface area contributed by atoms with E-state index in [4.69, 9.17) is 9.47 Å². The molecule has 0 amide bonds. The lowest BCUT2D eigenvalue weighted by Gasteiger charge is -2.15. The molecular weight excluding hydrogens is 226 g/mol. The van der Waals surface area contributed by atoms with Gasteiger partial charge in [0, 0.05) is 12.6 Å². The first-order valence-corrected chi connectivity index (χ1v) is 6.62. The van der Waals surface area contributed by atoms with Crippen LogP contribution in [0.4, 0.5) is 0 Å². The van der Waals surface area contributed by atoms with Gasteiger partial charge in [-0.1, -0.05) is 17.7 Å². The van der Waals surface area contributed by atoms with Crippen LogP contribution < -0.4 is 10.1 Å². The molecule has 0 aliphatic rings. The molecule has 1 unspecified atom stereocenters. The molecular formula is C15H25NO2. The van der Waals surface area contributed by atoms with E-state index < -0.39 is 0 Å². The van der Waals surface area contributed by atoms with Crippen LogP contribution in [0.5, 0.6) is 5.75 Å². The lowest BCUT2D eigenvalue weighted by Crippen LogP contribution is -2.34. The molecule has 0 aromatic heterocycles. The first-order chi connectivity index (χ1) is 8.58. The Hall–Kier alpha value is -1.06. The van der Waals surface area contributed by atoms with Crippen molar-refractivity contribution in [1.82, 2.24) is 5.32 Å². The SMILES string of the molecule is Cc1ccc(OCC(C)NCCOC(C)C)cc1. The minimum absolute atomic E-state index is 0.297. The normalized spacial score (nSPS) is 12.7. The summed E-state index contributed by atoms with van der Waals surface area (Å²) < 4.78 is 11.2. The van der Waals surface area contributed by atoms with Crippen molar-refractivity contribution in [1.29, 1.82) is 0 Å². The fraction of sp³-hybridized carbons (Fsp3) is 0.600. The zero-order valence-electron chi connectivity index (χ0n) is 11.9. The molecule has 18 heavy (non-hydrogen) atoms. The monoisotopic (exact) mass is 251 g/mol. The summed E-state index contributed by atoms with van der Waals surface area (Å²) in [7, 11) is 0. The van der Waals surface area contributed by atoms with E-state index in [1.54, 1.807) is 0 Å². The van der Waals surface area contributed by atoms with E-state index in [2.05, 4.69) is 31.3 Å². The van der Waals surface area contributed by atoms with Crippen molar-refractivity contribution >= 4 is 0 Å². The summed E-state index contributed by atoms with van der Waals surface area (Å²) in [5.41, 5.74) is 1.25. The Morgan fingerprint density at radius 2 is 1.78 bits per heavy atom. The Morgan fingerprint density at radius 1 is 1.11 bits per heavy atom. The van der Waals surface area contributed by atoms with E-state index >= 15 is 0 Å². The molecule has 0 bridgehead atoms. The van der Waals surface area contributed by atoms with Crippen LogP contribution in [-0.2, 0) is 4.74 Å². The summed E-state index contributed by atoms with van der Waals surface area (Å²) >= 11 is 0. The number of nitrogens with one attached hydrogen (secondary N) is 1. The molecule has 0 radical (unpaired) electrons. The maximum absolute atomic E-state index is 5.70. The van der Waals surface area contributed by atoms with E-state index in [1.807, 2.05) is 26.0 Å². The fourth-order valence-electron chi connectivity index (χ4n) is 1.51. The van der Waals surface area contributed by atoms with E-state index in [-0.39, 0.29) is 0 Å². The maximum Gasteiger partial charge on any atom is 0.119 e. The van der Waals surface area contributed by atoms with Gasteiger partial charge in [-0.2, -0.15) is 0 Å². The Bertz CT molecular complexity index is 322. The molecule has 0 aliphatic heterocycles. The van der Waals surface area contributed by atoms with Crippen LogP contribution in [0.3, 0.4) is 0 Å². The predicted molar refractivity (Wildman–Crippen MR) is 75.2 cm³/mol. The van der Waals surface area contributed by atoms with Crippen molar-refractivity contribution < 1.29 is 9.47 Å². The van der Waals surface area contributed by atoms with Gasteiger partial charge >= 0.3 is 0 Å². The van der Waals surface area contributed by atoms with Crippen molar-refractivity contribution in [3.05, 3.63) is 29.8 Å². The highest BCUT2D eigenvalue weighted by Crippen LogP contribution is 2.11. The number of ether oxygens (including phenoxy) is 2. The first kappa shape index (κ1) is 15.0. The zero-order valence-corrected chi connectivity index (χ0v) is 11.9. The average molecular weight is 251 g/mol. The van der Waals surface area contributed by atoms with Crippen molar-refractivity contribution in [2.45, 2.75) is 39.8 Å². The highest BCUT2D eigenvalue weighted by atomic mass is 16.5. The van der Waals surface area contributed by atoms with Gasteiger partial charge in [0.1, 0.15) is 12.4 Å². The van der Waals surface area contributed by atoms with Gasteiger partial charge in [-0.25, -0.2) is 0 Å². The molecule has 0 spiro atoms. The van der Waals surface area contributed by atoms with Gasteiger partial charge in [0.15, 0.2) is 0 Å². The smallest absolute Gasteiger partial charge is 0.119 e. The fourth-order valence-corrected chi connectivity index (χ4v) is 1.51. The molecule has 0 aliphatic carbocycles. The molecule has 102 valence electrons.